The van der Waals surface area contributed by atoms with Gasteiger partial charge in [-0.1, -0.05) is 17.7 Å². The van der Waals surface area contributed by atoms with Crippen LogP contribution in [0.5, 0.6) is 0 Å². The quantitative estimate of drug-likeness (QED) is 0.855. The monoisotopic (exact) mass is 267 g/mol. The number of carbonyl (C=O) groups excluding carboxylic acids is 1. The van der Waals surface area contributed by atoms with E-state index in [4.69, 9.17) is 17.3 Å². The number of thiophene rings is 1. The lowest BCUT2D eigenvalue weighted by molar-refractivity contribution is -0.140. The second-order valence-corrected chi connectivity index (χ2v) is 3.71. The van der Waals surface area contributed by atoms with Crippen LogP contribution < -0.4 is 5.73 Å². The second kappa shape index (κ2) is 6.85. The molecule has 0 saturated carbocycles. The minimum Gasteiger partial charge on any atom is -0.468 e. The summed E-state index contributed by atoms with van der Waals surface area (Å²) in [5.41, 5.74) is 7.54. The van der Waals surface area contributed by atoms with Gasteiger partial charge in [-0.15, -0.1) is 23.7 Å². The third-order valence-electron chi connectivity index (χ3n) is 1.71. The largest absolute Gasteiger partial charge is 0.468 e. The fourth-order valence-electron chi connectivity index (χ4n) is 0.972. The minimum atomic E-state index is -0.823. The Balaban J connectivity index is 0.00000196. The smallest absolute Gasteiger partial charge is 0.327 e. The molecule has 0 aliphatic rings. The molecule has 0 fully saturated rings. The zero-order valence-corrected chi connectivity index (χ0v) is 10.4. The normalized spacial score (nSPS) is 12.9. The first-order valence-corrected chi connectivity index (χ1v) is 5.20. The highest BCUT2D eigenvalue weighted by Crippen LogP contribution is 2.23. The first-order valence-electron chi connectivity index (χ1n) is 3.88. The van der Waals surface area contributed by atoms with Crippen LogP contribution in [0, 0.1) is 0 Å². The van der Waals surface area contributed by atoms with E-state index in [-0.39, 0.29) is 12.4 Å². The van der Waals surface area contributed by atoms with Gasteiger partial charge in [0.1, 0.15) is 6.04 Å². The van der Waals surface area contributed by atoms with E-state index < -0.39 is 12.0 Å². The number of nitrogens with two attached hydrogens (primary N) is 1. The summed E-state index contributed by atoms with van der Waals surface area (Å²) in [6.45, 7) is 0. The Bertz CT molecular complexity index is 338. The number of carbonyl (C=O) groups is 1. The molecule has 1 rings (SSSR count). The van der Waals surface area contributed by atoms with Crippen molar-refractivity contribution in [1.82, 2.24) is 0 Å². The number of ether oxygens (including phenoxy) is 1. The number of esters is 1. The second-order valence-electron chi connectivity index (χ2n) is 2.54. The van der Waals surface area contributed by atoms with Crippen LogP contribution in [0.3, 0.4) is 0 Å². The van der Waals surface area contributed by atoms with Crippen molar-refractivity contribution in [3.05, 3.63) is 27.9 Å². The first kappa shape index (κ1) is 14.5. The molecule has 1 aromatic heterocycles. The molecule has 15 heavy (non-hydrogen) atoms. The molecule has 0 aliphatic heterocycles. The van der Waals surface area contributed by atoms with Crippen LogP contribution in [-0.4, -0.2) is 19.1 Å². The van der Waals surface area contributed by atoms with E-state index in [1.54, 1.807) is 0 Å². The molecule has 0 aliphatic carbocycles. The molecule has 0 radical (unpaired) electrons. The van der Waals surface area contributed by atoms with E-state index in [1.807, 2.05) is 17.5 Å². The zero-order valence-electron chi connectivity index (χ0n) is 7.98. The van der Waals surface area contributed by atoms with E-state index in [0.717, 1.165) is 4.88 Å². The molecule has 1 atom stereocenters. The Morgan fingerprint density at radius 2 is 2.40 bits per heavy atom. The topological polar surface area (TPSA) is 52.3 Å². The summed E-state index contributed by atoms with van der Waals surface area (Å²) in [5, 5.41) is 1.89. The van der Waals surface area contributed by atoms with Crippen LogP contribution in [-0.2, 0) is 9.53 Å². The van der Waals surface area contributed by atoms with Crippen molar-refractivity contribution in [3.8, 4) is 0 Å². The Kier molecular flexibility index (Phi) is 6.60. The molecular weight excluding hydrogens is 257 g/mol. The van der Waals surface area contributed by atoms with E-state index in [2.05, 4.69) is 4.74 Å². The third kappa shape index (κ3) is 3.50. The summed E-state index contributed by atoms with van der Waals surface area (Å²) < 4.78 is 4.53. The molecule has 1 aromatic rings. The number of rotatable bonds is 3. The van der Waals surface area contributed by atoms with Crippen molar-refractivity contribution >= 4 is 46.9 Å². The van der Waals surface area contributed by atoms with Crippen molar-refractivity contribution in [2.24, 2.45) is 5.73 Å². The van der Waals surface area contributed by atoms with Crippen LogP contribution in [0.25, 0.3) is 5.57 Å². The van der Waals surface area contributed by atoms with Crippen molar-refractivity contribution in [1.29, 1.82) is 0 Å². The number of halogens is 2. The van der Waals surface area contributed by atoms with Crippen LogP contribution in [0.1, 0.15) is 4.88 Å². The van der Waals surface area contributed by atoms with Gasteiger partial charge in [-0.05, 0) is 11.4 Å². The summed E-state index contributed by atoms with van der Waals surface area (Å²) in [7, 11) is 1.29. The van der Waals surface area contributed by atoms with Gasteiger partial charge >= 0.3 is 5.97 Å². The summed E-state index contributed by atoms with van der Waals surface area (Å²) in [4.78, 5) is 12.0. The van der Waals surface area contributed by atoms with Gasteiger partial charge in [0, 0.05) is 16.0 Å². The lowest BCUT2D eigenvalue weighted by Crippen LogP contribution is -2.32. The van der Waals surface area contributed by atoms with E-state index in [9.17, 15) is 4.79 Å². The Hall–Kier alpha value is -0.550. The minimum absolute atomic E-state index is 0. The molecule has 1 heterocycles. The standard InChI is InChI=1S/C9H10ClNO2S.ClH/c1-13-9(12)8(11)6(5-10)7-3-2-4-14-7;/h2-5,8H,11H2,1H3;1H/b6-5-;. The summed E-state index contributed by atoms with van der Waals surface area (Å²) in [6, 6.07) is 2.89. The third-order valence-corrected chi connectivity index (χ3v) is 2.87. The maximum absolute atomic E-state index is 11.2. The van der Waals surface area contributed by atoms with Crippen LogP contribution in [0.4, 0.5) is 0 Å². The summed E-state index contributed by atoms with van der Waals surface area (Å²) in [6.07, 6.45) is 0. The first-order chi connectivity index (χ1) is 6.70. The molecule has 0 aromatic carbocycles. The SMILES string of the molecule is COC(=O)C(N)/C(=C\Cl)c1cccs1.Cl. The van der Waals surface area contributed by atoms with Crippen molar-refractivity contribution in [2.45, 2.75) is 6.04 Å². The van der Waals surface area contributed by atoms with Crippen molar-refractivity contribution in [3.63, 3.8) is 0 Å². The number of methoxy groups -OCH3 is 1. The fraction of sp³-hybridized carbons (Fsp3) is 0.222. The predicted molar refractivity (Wildman–Crippen MR) is 65.4 cm³/mol. The molecule has 0 saturated heterocycles. The van der Waals surface area contributed by atoms with E-state index in [0.29, 0.717) is 5.57 Å². The van der Waals surface area contributed by atoms with E-state index >= 15 is 0 Å². The molecule has 2 N–H and O–H groups in total. The van der Waals surface area contributed by atoms with Crippen molar-refractivity contribution < 1.29 is 9.53 Å². The maximum atomic E-state index is 11.2. The molecule has 0 spiro atoms. The average molecular weight is 268 g/mol. The Morgan fingerprint density at radius 3 is 2.80 bits per heavy atom. The van der Waals surface area contributed by atoms with Gasteiger partial charge < -0.3 is 10.5 Å². The summed E-state index contributed by atoms with van der Waals surface area (Å²) in [5.74, 6) is -0.495. The Morgan fingerprint density at radius 1 is 1.73 bits per heavy atom. The highest BCUT2D eigenvalue weighted by molar-refractivity contribution is 7.11. The van der Waals surface area contributed by atoms with Gasteiger partial charge in [-0.3, -0.25) is 4.79 Å². The van der Waals surface area contributed by atoms with E-state index in [1.165, 1.54) is 24.0 Å². The lowest BCUT2D eigenvalue weighted by atomic mass is 10.1. The summed E-state index contributed by atoms with van der Waals surface area (Å²) >= 11 is 7.08. The van der Waals surface area contributed by atoms with Crippen LogP contribution in [0.2, 0.25) is 0 Å². The number of hydrogen-bond donors (Lipinski definition) is 1. The molecule has 84 valence electrons. The van der Waals surface area contributed by atoms with Crippen molar-refractivity contribution in [2.75, 3.05) is 7.11 Å². The maximum Gasteiger partial charge on any atom is 0.327 e. The van der Waals surface area contributed by atoms with Gasteiger partial charge in [0.25, 0.3) is 0 Å². The number of hydrogen-bond acceptors (Lipinski definition) is 4. The van der Waals surface area contributed by atoms with Gasteiger partial charge in [0.15, 0.2) is 0 Å². The highest BCUT2D eigenvalue weighted by Gasteiger charge is 2.20. The molecule has 0 bridgehead atoms. The zero-order chi connectivity index (χ0) is 10.6. The molecule has 3 nitrogen and oxygen atoms in total. The fourth-order valence-corrected chi connectivity index (χ4v) is 2.07. The molecule has 6 heteroatoms. The van der Waals surface area contributed by atoms with Crippen LogP contribution >= 0.6 is 35.3 Å². The highest BCUT2D eigenvalue weighted by atomic mass is 35.5. The average Bonchev–Trinajstić information content (AvgIpc) is 2.71. The van der Waals surface area contributed by atoms with Crippen LogP contribution in [0.15, 0.2) is 23.0 Å². The molecule has 0 amide bonds. The predicted octanol–water partition coefficient (Wildman–Crippen LogP) is 2.25. The van der Waals surface area contributed by atoms with Gasteiger partial charge in [-0.2, -0.15) is 0 Å². The van der Waals surface area contributed by atoms with Gasteiger partial charge in [0.2, 0.25) is 0 Å². The van der Waals surface area contributed by atoms with Gasteiger partial charge in [0.05, 0.1) is 7.11 Å². The molecule has 1 unspecified atom stereocenters. The lowest BCUT2D eigenvalue weighted by Gasteiger charge is -2.10. The molecular formula is C9H11Cl2NO2S. The van der Waals surface area contributed by atoms with Gasteiger partial charge in [-0.25, -0.2) is 0 Å². The Labute approximate surface area is 103 Å².